The van der Waals surface area contributed by atoms with Gasteiger partial charge in [-0.1, -0.05) is 36.4 Å². The van der Waals surface area contributed by atoms with Gasteiger partial charge in [0.25, 0.3) is 0 Å². The van der Waals surface area contributed by atoms with Crippen molar-refractivity contribution >= 4 is 5.91 Å². The lowest BCUT2D eigenvalue weighted by molar-refractivity contribution is -0.135. The molecule has 0 fully saturated rings. The van der Waals surface area contributed by atoms with Gasteiger partial charge < -0.3 is 10.0 Å². The summed E-state index contributed by atoms with van der Waals surface area (Å²) in [4.78, 5) is 18.3. The zero-order chi connectivity index (χ0) is 16.1. The maximum atomic E-state index is 12.6. The first-order valence-electron chi connectivity index (χ1n) is 7.42. The summed E-state index contributed by atoms with van der Waals surface area (Å²) < 4.78 is 0. The maximum Gasteiger partial charge on any atom is 0.229 e. The van der Waals surface area contributed by atoms with E-state index < -0.39 is 6.10 Å². The number of pyridine rings is 1. The van der Waals surface area contributed by atoms with Crippen molar-refractivity contribution in [1.29, 1.82) is 0 Å². The molecule has 0 unspecified atom stereocenters. The van der Waals surface area contributed by atoms with Crippen molar-refractivity contribution in [2.45, 2.75) is 31.9 Å². The number of carbonyl (C=O) groups is 1. The average Bonchev–Trinajstić information content (AvgIpc) is 2.60. The third-order valence-corrected chi connectivity index (χ3v) is 4.11. The molecular formula is C18H22N2O2. The number of nitrogens with zero attached hydrogens (tertiary/aromatic N) is 2. The molecule has 4 heteroatoms. The molecule has 0 radical (unpaired) electrons. The number of hydrogen-bond acceptors (Lipinski definition) is 3. The summed E-state index contributed by atoms with van der Waals surface area (Å²) in [6.07, 6.45) is 2.68. The predicted octanol–water partition coefficient (Wildman–Crippen LogP) is 2.77. The Morgan fingerprint density at radius 1 is 1.09 bits per heavy atom. The Balaban J connectivity index is 2.10. The van der Waals surface area contributed by atoms with Crippen LogP contribution in [0.4, 0.5) is 0 Å². The van der Waals surface area contributed by atoms with E-state index in [0.717, 1.165) is 11.1 Å². The Morgan fingerprint density at radius 3 is 2.32 bits per heavy atom. The van der Waals surface area contributed by atoms with Crippen molar-refractivity contribution in [3.8, 4) is 0 Å². The van der Waals surface area contributed by atoms with Gasteiger partial charge in [0, 0.05) is 19.4 Å². The molecule has 1 N–H and O–H groups in total. The van der Waals surface area contributed by atoms with Crippen LogP contribution < -0.4 is 0 Å². The first kappa shape index (κ1) is 16.2. The smallest absolute Gasteiger partial charge is 0.229 e. The highest BCUT2D eigenvalue weighted by Gasteiger charge is 2.27. The van der Waals surface area contributed by atoms with E-state index in [1.54, 1.807) is 24.3 Å². The molecule has 4 nitrogen and oxygen atoms in total. The fourth-order valence-corrected chi connectivity index (χ4v) is 2.42. The molecule has 0 bridgehead atoms. The number of carbonyl (C=O) groups excluding carboxylic acids is 1. The fourth-order valence-electron chi connectivity index (χ4n) is 2.42. The fraction of sp³-hybridized carbons (Fsp3) is 0.333. The van der Waals surface area contributed by atoms with Gasteiger partial charge in [0.05, 0.1) is 18.1 Å². The van der Waals surface area contributed by atoms with Gasteiger partial charge in [0.2, 0.25) is 5.91 Å². The molecule has 2 aromatic rings. The van der Waals surface area contributed by atoms with Crippen LogP contribution in [0.3, 0.4) is 0 Å². The summed E-state index contributed by atoms with van der Waals surface area (Å²) in [5.41, 5.74) is 1.68. The van der Waals surface area contributed by atoms with Crippen LogP contribution >= 0.6 is 0 Å². The van der Waals surface area contributed by atoms with E-state index in [4.69, 9.17) is 0 Å². The number of hydrogen-bond donors (Lipinski definition) is 1. The van der Waals surface area contributed by atoms with Gasteiger partial charge in [0.15, 0.2) is 0 Å². The summed E-state index contributed by atoms with van der Waals surface area (Å²) in [7, 11) is 1.73. The SMILES string of the molecule is C[C@H](C(=O)N(C)[C@@H](C)[C@@H](O)c1ccccc1)c1cccnc1. The van der Waals surface area contributed by atoms with Crippen molar-refractivity contribution in [2.75, 3.05) is 7.05 Å². The van der Waals surface area contributed by atoms with Gasteiger partial charge in [-0.3, -0.25) is 9.78 Å². The van der Waals surface area contributed by atoms with E-state index in [-0.39, 0.29) is 17.9 Å². The third kappa shape index (κ3) is 3.52. The lowest BCUT2D eigenvalue weighted by atomic mass is 9.98. The summed E-state index contributed by atoms with van der Waals surface area (Å²) in [5.74, 6) is -0.320. The monoisotopic (exact) mass is 298 g/mol. The summed E-state index contributed by atoms with van der Waals surface area (Å²) >= 11 is 0. The number of rotatable bonds is 5. The highest BCUT2D eigenvalue weighted by atomic mass is 16.3. The zero-order valence-corrected chi connectivity index (χ0v) is 13.2. The van der Waals surface area contributed by atoms with Crippen LogP contribution in [-0.4, -0.2) is 34.0 Å². The molecule has 1 aromatic heterocycles. The van der Waals surface area contributed by atoms with E-state index in [2.05, 4.69) is 4.98 Å². The van der Waals surface area contributed by atoms with Gasteiger partial charge >= 0.3 is 0 Å². The van der Waals surface area contributed by atoms with Crippen LogP contribution in [0, 0.1) is 0 Å². The van der Waals surface area contributed by atoms with E-state index in [9.17, 15) is 9.90 Å². The number of aliphatic hydroxyl groups is 1. The molecule has 1 heterocycles. The molecule has 2 rings (SSSR count). The highest BCUT2D eigenvalue weighted by Crippen LogP contribution is 2.23. The Hall–Kier alpha value is -2.20. The van der Waals surface area contributed by atoms with Gasteiger partial charge in [-0.05, 0) is 31.0 Å². The zero-order valence-electron chi connectivity index (χ0n) is 13.2. The molecule has 0 saturated heterocycles. The second kappa shape index (κ2) is 7.18. The number of aromatic nitrogens is 1. The van der Waals surface area contributed by atoms with E-state index >= 15 is 0 Å². The Kier molecular flexibility index (Phi) is 5.28. The van der Waals surface area contributed by atoms with Gasteiger partial charge in [-0.15, -0.1) is 0 Å². The van der Waals surface area contributed by atoms with Crippen LogP contribution in [0.25, 0.3) is 0 Å². The normalized spacial score (nSPS) is 14.9. The minimum Gasteiger partial charge on any atom is -0.386 e. The van der Waals surface area contributed by atoms with Gasteiger partial charge in [-0.2, -0.15) is 0 Å². The minimum atomic E-state index is -0.712. The number of likely N-dealkylation sites (N-methyl/N-ethyl adjacent to an activating group) is 1. The third-order valence-electron chi connectivity index (χ3n) is 4.11. The first-order chi connectivity index (χ1) is 10.5. The van der Waals surface area contributed by atoms with Crippen LogP contribution in [0.1, 0.15) is 37.0 Å². The topological polar surface area (TPSA) is 53.4 Å². The van der Waals surface area contributed by atoms with Crippen LogP contribution in [0.15, 0.2) is 54.9 Å². The molecule has 1 amide bonds. The maximum absolute atomic E-state index is 12.6. The lowest BCUT2D eigenvalue weighted by Crippen LogP contribution is -2.41. The van der Waals surface area contributed by atoms with Crippen LogP contribution in [0.2, 0.25) is 0 Å². The molecule has 0 aliphatic carbocycles. The Morgan fingerprint density at radius 2 is 1.73 bits per heavy atom. The van der Waals surface area contributed by atoms with E-state index in [1.807, 2.05) is 56.3 Å². The second-order valence-electron chi connectivity index (χ2n) is 5.55. The Bertz CT molecular complexity index is 601. The summed E-state index contributed by atoms with van der Waals surface area (Å²) in [5, 5.41) is 10.5. The van der Waals surface area contributed by atoms with Crippen molar-refractivity contribution in [1.82, 2.24) is 9.88 Å². The molecule has 0 aliphatic rings. The summed E-state index contributed by atoms with van der Waals surface area (Å²) in [6, 6.07) is 12.8. The standard InChI is InChI=1S/C18H22N2O2/c1-13(16-10-7-11-19-12-16)18(22)20(3)14(2)17(21)15-8-5-4-6-9-15/h4-14,17,21H,1-3H3/t13-,14-,17+/m0/s1. The molecule has 3 atom stereocenters. The van der Waals surface area contributed by atoms with Crippen molar-refractivity contribution in [2.24, 2.45) is 0 Å². The average molecular weight is 298 g/mol. The number of benzene rings is 1. The molecule has 0 spiro atoms. The van der Waals surface area contributed by atoms with Crippen molar-refractivity contribution in [3.63, 3.8) is 0 Å². The molecule has 116 valence electrons. The highest BCUT2D eigenvalue weighted by molar-refractivity contribution is 5.83. The van der Waals surface area contributed by atoms with Crippen molar-refractivity contribution < 1.29 is 9.90 Å². The Labute approximate surface area is 131 Å². The second-order valence-corrected chi connectivity index (χ2v) is 5.55. The van der Waals surface area contributed by atoms with E-state index in [1.165, 1.54) is 0 Å². The molecular weight excluding hydrogens is 276 g/mol. The number of amides is 1. The van der Waals surface area contributed by atoms with E-state index in [0.29, 0.717) is 0 Å². The van der Waals surface area contributed by atoms with Crippen LogP contribution in [0.5, 0.6) is 0 Å². The molecule has 22 heavy (non-hydrogen) atoms. The largest absolute Gasteiger partial charge is 0.386 e. The molecule has 0 aliphatic heterocycles. The summed E-state index contributed by atoms with van der Waals surface area (Å²) in [6.45, 7) is 3.71. The quantitative estimate of drug-likeness (QED) is 0.923. The molecule has 1 aromatic carbocycles. The minimum absolute atomic E-state index is 0.0320. The van der Waals surface area contributed by atoms with Gasteiger partial charge in [-0.25, -0.2) is 0 Å². The number of aliphatic hydroxyl groups excluding tert-OH is 1. The van der Waals surface area contributed by atoms with Gasteiger partial charge in [0.1, 0.15) is 0 Å². The van der Waals surface area contributed by atoms with Crippen molar-refractivity contribution in [3.05, 3.63) is 66.0 Å². The molecule has 0 saturated carbocycles. The lowest BCUT2D eigenvalue weighted by Gasteiger charge is -2.31. The predicted molar refractivity (Wildman–Crippen MR) is 86.3 cm³/mol. The first-order valence-corrected chi connectivity index (χ1v) is 7.42. The van der Waals surface area contributed by atoms with Crippen LogP contribution in [-0.2, 0) is 4.79 Å².